The fourth-order valence-electron chi connectivity index (χ4n) is 4.47. The van der Waals surface area contributed by atoms with Gasteiger partial charge in [-0.05, 0) is 25.8 Å². The second-order valence-electron chi connectivity index (χ2n) is 7.14. The van der Waals surface area contributed by atoms with Crippen LogP contribution in [0.4, 0.5) is 4.39 Å². The molecule has 0 bridgehead atoms. The third-order valence-corrected chi connectivity index (χ3v) is 5.59. The van der Waals surface area contributed by atoms with E-state index in [0.717, 1.165) is 6.42 Å². The van der Waals surface area contributed by atoms with E-state index in [4.69, 9.17) is 4.74 Å². The maximum Gasteiger partial charge on any atom is 0.312 e. The molecule has 0 aromatic heterocycles. The van der Waals surface area contributed by atoms with Gasteiger partial charge in [0.15, 0.2) is 0 Å². The van der Waals surface area contributed by atoms with Gasteiger partial charge in [-0.15, -0.1) is 0 Å². The summed E-state index contributed by atoms with van der Waals surface area (Å²) in [6, 6.07) is 5.91. The standard InChI is InChI=1S/C21H27FN2O3/c1-5-7-18-21(10-6-2,20(25)26)19(16(12-23)13(3)24-18)15-9-8-14(22)11-17(15)27-4/h8-9,11,16,18-19H,5-7,10H2,1-4H3,(H,25,26). The van der Waals surface area contributed by atoms with Gasteiger partial charge in [0.2, 0.25) is 0 Å². The number of carbonyl (C=O) groups is 1. The first-order chi connectivity index (χ1) is 12.9. The molecule has 1 heterocycles. The van der Waals surface area contributed by atoms with Crippen LogP contribution in [0.25, 0.3) is 0 Å². The van der Waals surface area contributed by atoms with Gasteiger partial charge in [0.25, 0.3) is 0 Å². The maximum atomic E-state index is 13.8. The van der Waals surface area contributed by atoms with Crippen molar-refractivity contribution in [1.82, 2.24) is 0 Å². The molecule has 0 fully saturated rings. The van der Waals surface area contributed by atoms with Crippen LogP contribution < -0.4 is 4.74 Å². The van der Waals surface area contributed by atoms with E-state index in [1.807, 2.05) is 13.8 Å². The van der Waals surface area contributed by atoms with Crippen molar-refractivity contribution in [2.24, 2.45) is 16.3 Å². The summed E-state index contributed by atoms with van der Waals surface area (Å²) >= 11 is 0. The zero-order valence-electron chi connectivity index (χ0n) is 16.3. The Morgan fingerprint density at radius 3 is 2.63 bits per heavy atom. The van der Waals surface area contributed by atoms with Gasteiger partial charge in [0.1, 0.15) is 11.6 Å². The average Bonchev–Trinajstić information content (AvgIpc) is 2.63. The highest BCUT2D eigenvalue weighted by atomic mass is 19.1. The highest BCUT2D eigenvalue weighted by Crippen LogP contribution is 2.54. The van der Waals surface area contributed by atoms with Crippen molar-refractivity contribution in [2.45, 2.75) is 58.4 Å². The third-order valence-electron chi connectivity index (χ3n) is 5.59. The molecule has 2 rings (SSSR count). The molecular weight excluding hydrogens is 347 g/mol. The topological polar surface area (TPSA) is 82.7 Å². The van der Waals surface area contributed by atoms with Crippen LogP contribution in [0.2, 0.25) is 0 Å². The number of hydrogen-bond donors (Lipinski definition) is 1. The minimum Gasteiger partial charge on any atom is -0.496 e. The summed E-state index contributed by atoms with van der Waals surface area (Å²) < 4.78 is 19.1. The molecule has 1 aromatic rings. The van der Waals surface area contributed by atoms with E-state index in [0.29, 0.717) is 30.5 Å². The summed E-state index contributed by atoms with van der Waals surface area (Å²) in [6.45, 7) is 5.70. The van der Waals surface area contributed by atoms with E-state index in [2.05, 4.69) is 11.1 Å². The number of carboxylic acids is 1. The van der Waals surface area contributed by atoms with Gasteiger partial charge >= 0.3 is 5.97 Å². The monoisotopic (exact) mass is 374 g/mol. The first-order valence-corrected chi connectivity index (χ1v) is 9.38. The molecule has 4 unspecified atom stereocenters. The Labute approximate surface area is 159 Å². The maximum absolute atomic E-state index is 13.8. The molecule has 6 heteroatoms. The van der Waals surface area contributed by atoms with E-state index < -0.39 is 35.1 Å². The number of benzene rings is 1. The summed E-state index contributed by atoms with van der Waals surface area (Å²) in [6.07, 6.45) is 2.42. The molecule has 1 aliphatic rings. The predicted molar refractivity (Wildman–Crippen MR) is 102 cm³/mol. The van der Waals surface area contributed by atoms with Crippen LogP contribution in [0.15, 0.2) is 23.2 Å². The number of nitrogens with zero attached hydrogens (tertiary/aromatic N) is 2. The second kappa shape index (κ2) is 8.51. The van der Waals surface area contributed by atoms with Crippen LogP contribution in [0.3, 0.4) is 0 Å². The SMILES string of the molecule is CCCC1N=C(C)C(C#N)C(c2ccc(F)cc2OC)C1(CCC)C(=O)O. The molecule has 1 aromatic carbocycles. The lowest BCUT2D eigenvalue weighted by Gasteiger charge is -2.47. The average molecular weight is 374 g/mol. The number of aliphatic imine (C=N–C) groups is 1. The van der Waals surface area contributed by atoms with Crippen molar-refractivity contribution in [2.75, 3.05) is 7.11 Å². The Morgan fingerprint density at radius 1 is 1.41 bits per heavy atom. The van der Waals surface area contributed by atoms with Crippen molar-refractivity contribution < 1.29 is 19.0 Å². The molecule has 0 amide bonds. The fourth-order valence-corrected chi connectivity index (χ4v) is 4.47. The Kier molecular flexibility index (Phi) is 6.59. The summed E-state index contributed by atoms with van der Waals surface area (Å²) in [5.74, 6) is -2.53. The van der Waals surface area contributed by atoms with Crippen LogP contribution in [0.1, 0.15) is 57.9 Å². The Morgan fingerprint density at radius 2 is 2.11 bits per heavy atom. The van der Waals surface area contributed by atoms with E-state index in [1.165, 1.54) is 19.2 Å². The van der Waals surface area contributed by atoms with Crippen molar-refractivity contribution in [1.29, 1.82) is 5.26 Å². The quantitative estimate of drug-likeness (QED) is 0.758. The first-order valence-electron chi connectivity index (χ1n) is 9.38. The van der Waals surface area contributed by atoms with Crippen LogP contribution in [-0.2, 0) is 4.79 Å². The predicted octanol–water partition coefficient (Wildman–Crippen LogP) is 4.57. The number of methoxy groups -OCH3 is 1. The zero-order valence-corrected chi connectivity index (χ0v) is 16.3. The largest absolute Gasteiger partial charge is 0.496 e. The molecular formula is C21H27FN2O3. The van der Waals surface area contributed by atoms with Crippen LogP contribution >= 0.6 is 0 Å². The number of halogens is 1. The molecule has 4 atom stereocenters. The number of hydrogen-bond acceptors (Lipinski definition) is 4. The van der Waals surface area contributed by atoms with Gasteiger partial charge in [0, 0.05) is 23.3 Å². The van der Waals surface area contributed by atoms with Crippen molar-refractivity contribution >= 4 is 11.7 Å². The minimum absolute atomic E-state index is 0.270. The summed E-state index contributed by atoms with van der Waals surface area (Å²) in [4.78, 5) is 17.3. The summed E-state index contributed by atoms with van der Waals surface area (Å²) in [7, 11) is 1.43. The highest BCUT2D eigenvalue weighted by molar-refractivity contribution is 5.92. The van der Waals surface area contributed by atoms with Gasteiger partial charge in [-0.25, -0.2) is 4.39 Å². The normalized spacial score (nSPS) is 27.6. The number of ether oxygens (including phenoxy) is 1. The lowest BCUT2D eigenvalue weighted by atomic mass is 9.57. The fraction of sp³-hybridized carbons (Fsp3) is 0.571. The molecule has 0 aliphatic carbocycles. The van der Waals surface area contributed by atoms with Crippen LogP contribution in [-0.4, -0.2) is 29.9 Å². The lowest BCUT2D eigenvalue weighted by molar-refractivity contribution is -0.154. The Hall–Kier alpha value is -2.42. The zero-order chi connectivity index (χ0) is 20.2. The van der Waals surface area contributed by atoms with Gasteiger partial charge in [-0.3, -0.25) is 9.79 Å². The van der Waals surface area contributed by atoms with Crippen molar-refractivity contribution in [3.63, 3.8) is 0 Å². The van der Waals surface area contributed by atoms with Gasteiger partial charge < -0.3 is 9.84 Å². The number of aliphatic carboxylic acids is 1. The van der Waals surface area contributed by atoms with E-state index in [-0.39, 0.29) is 5.75 Å². The van der Waals surface area contributed by atoms with E-state index >= 15 is 0 Å². The molecule has 27 heavy (non-hydrogen) atoms. The van der Waals surface area contributed by atoms with Crippen LogP contribution in [0, 0.1) is 28.5 Å². The van der Waals surface area contributed by atoms with Gasteiger partial charge in [0.05, 0.1) is 30.6 Å². The highest BCUT2D eigenvalue weighted by Gasteiger charge is 2.57. The second-order valence-corrected chi connectivity index (χ2v) is 7.14. The molecule has 1 N–H and O–H groups in total. The molecule has 0 spiro atoms. The lowest BCUT2D eigenvalue weighted by Crippen LogP contribution is -2.53. The van der Waals surface area contributed by atoms with Gasteiger partial charge in [-0.1, -0.05) is 32.8 Å². The minimum atomic E-state index is -1.24. The molecule has 0 saturated heterocycles. The molecule has 0 saturated carbocycles. The van der Waals surface area contributed by atoms with Gasteiger partial charge in [-0.2, -0.15) is 5.26 Å². The van der Waals surface area contributed by atoms with Crippen molar-refractivity contribution in [3.8, 4) is 11.8 Å². The molecule has 1 aliphatic heterocycles. The third kappa shape index (κ3) is 3.55. The number of carboxylic acid groups (broad SMARTS) is 1. The Balaban J connectivity index is 2.83. The molecule has 0 radical (unpaired) electrons. The summed E-state index contributed by atoms with van der Waals surface area (Å²) in [5.41, 5.74) is -0.0626. The smallest absolute Gasteiger partial charge is 0.312 e. The van der Waals surface area contributed by atoms with Crippen molar-refractivity contribution in [3.05, 3.63) is 29.6 Å². The summed E-state index contributed by atoms with van der Waals surface area (Å²) in [5, 5.41) is 20.2. The van der Waals surface area contributed by atoms with E-state index in [1.54, 1.807) is 13.0 Å². The Bertz CT molecular complexity index is 771. The molecule has 146 valence electrons. The molecule has 5 nitrogen and oxygen atoms in total. The van der Waals surface area contributed by atoms with Crippen LogP contribution in [0.5, 0.6) is 5.75 Å². The number of nitriles is 1. The van der Waals surface area contributed by atoms with E-state index in [9.17, 15) is 19.6 Å². The number of rotatable bonds is 7. The first kappa shape index (κ1) is 20.9.